The van der Waals surface area contributed by atoms with Crippen molar-refractivity contribution in [2.24, 2.45) is 0 Å². The van der Waals surface area contributed by atoms with E-state index in [0.717, 1.165) is 41.6 Å². The Morgan fingerprint density at radius 3 is 2.46 bits per heavy atom. The standard InChI is InChI=1S/C20H20Cl2FN/c1-3-4-5-15-18-17(11-10-16(22)19(18)23)24-20(15)12(2)13-6-8-14(21)9-7-13/h6-12,24H,3-5H2,1-2H3. The highest BCUT2D eigenvalue weighted by Gasteiger charge is 2.21. The van der Waals surface area contributed by atoms with Crippen LogP contribution in [0.15, 0.2) is 36.4 Å². The molecule has 0 amide bonds. The van der Waals surface area contributed by atoms with Gasteiger partial charge in [0.15, 0.2) is 5.82 Å². The Morgan fingerprint density at radius 1 is 1.08 bits per heavy atom. The van der Waals surface area contributed by atoms with Crippen molar-refractivity contribution in [2.75, 3.05) is 0 Å². The Labute approximate surface area is 151 Å². The predicted molar refractivity (Wildman–Crippen MR) is 101 cm³/mol. The molecule has 126 valence electrons. The van der Waals surface area contributed by atoms with E-state index in [0.29, 0.717) is 10.4 Å². The Balaban J connectivity index is 2.15. The van der Waals surface area contributed by atoms with E-state index in [1.54, 1.807) is 6.07 Å². The van der Waals surface area contributed by atoms with Gasteiger partial charge < -0.3 is 4.98 Å². The van der Waals surface area contributed by atoms with Gasteiger partial charge in [-0.15, -0.1) is 0 Å². The number of benzene rings is 2. The first-order valence-electron chi connectivity index (χ1n) is 8.26. The smallest absolute Gasteiger partial charge is 0.151 e. The summed E-state index contributed by atoms with van der Waals surface area (Å²) in [6.07, 6.45) is 2.91. The predicted octanol–water partition coefficient (Wildman–Crippen LogP) is 7.11. The van der Waals surface area contributed by atoms with Crippen molar-refractivity contribution in [1.82, 2.24) is 4.98 Å². The van der Waals surface area contributed by atoms with Gasteiger partial charge in [0.05, 0.1) is 5.02 Å². The number of aromatic nitrogens is 1. The maximum atomic E-state index is 14.6. The number of hydrogen-bond acceptors (Lipinski definition) is 0. The van der Waals surface area contributed by atoms with Crippen LogP contribution in [-0.2, 0) is 6.42 Å². The first-order chi connectivity index (χ1) is 11.5. The zero-order chi connectivity index (χ0) is 17.3. The minimum absolute atomic E-state index is 0.125. The molecule has 24 heavy (non-hydrogen) atoms. The van der Waals surface area contributed by atoms with Gasteiger partial charge in [0.2, 0.25) is 0 Å². The van der Waals surface area contributed by atoms with E-state index in [1.807, 2.05) is 30.3 Å². The highest BCUT2D eigenvalue weighted by atomic mass is 35.5. The molecule has 0 radical (unpaired) electrons. The summed E-state index contributed by atoms with van der Waals surface area (Å²) < 4.78 is 14.6. The van der Waals surface area contributed by atoms with Crippen LogP contribution in [0.25, 0.3) is 10.9 Å². The van der Waals surface area contributed by atoms with Gasteiger partial charge in [-0.25, -0.2) is 4.39 Å². The molecular formula is C20H20Cl2FN. The summed E-state index contributed by atoms with van der Waals surface area (Å²) in [6, 6.07) is 11.3. The minimum atomic E-state index is -0.328. The molecule has 3 aromatic rings. The van der Waals surface area contributed by atoms with Crippen LogP contribution in [0.2, 0.25) is 10.0 Å². The fourth-order valence-electron chi connectivity index (χ4n) is 3.21. The topological polar surface area (TPSA) is 15.8 Å². The Morgan fingerprint density at radius 2 is 1.79 bits per heavy atom. The average Bonchev–Trinajstić information content (AvgIpc) is 2.95. The Hall–Kier alpha value is -1.51. The van der Waals surface area contributed by atoms with Crippen molar-refractivity contribution in [3.05, 3.63) is 69.1 Å². The third-order valence-electron chi connectivity index (χ3n) is 4.57. The number of rotatable bonds is 5. The van der Waals surface area contributed by atoms with Crippen LogP contribution >= 0.6 is 23.2 Å². The van der Waals surface area contributed by atoms with Gasteiger partial charge in [0, 0.05) is 27.5 Å². The lowest BCUT2D eigenvalue weighted by Gasteiger charge is -2.14. The summed E-state index contributed by atoms with van der Waals surface area (Å²) in [5.74, 6) is -0.203. The molecule has 2 aromatic carbocycles. The number of halogens is 3. The molecule has 1 nitrogen and oxygen atoms in total. The SMILES string of the molecule is CCCCc1c(C(C)c2ccc(Cl)cc2)[nH]c2ccc(Cl)c(F)c12. The third kappa shape index (κ3) is 3.18. The molecule has 1 unspecified atom stereocenters. The number of H-pyrrole nitrogens is 1. The summed E-state index contributed by atoms with van der Waals surface area (Å²) in [6.45, 7) is 4.27. The van der Waals surface area contributed by atoms with Crippen LogP contribution in [-0.4, -0.2) is 4.98 Å². The van der Waals surface area contributed by atoms with Gasteiger partial charge in [0.1, 0.15) is 0 Å². The van der Waals surface area contributed by atoms with Crippen LogP contribution < -0.4 is 0 Å². The molecule has 0 bridgehead atoms. The first kappa shape index (κ1) is 17.3. The average molecular weight is 364 g/mol. The number of unbranched alkanes of at least 4 members (excludes halogenated alkanes) is 1. The normalized spacial score (nSPS) is 12.7. The zero-order valence-electron chi connectivity index (χ0n) is 13.8. The second-order valence-corrected chi connectivity index (χ2v) is 7.02. The van der Waals surface area contributed by atoms with Crippen LogP contribution in [0.4, 0.5) is 4.39 Å². The molecule has 0 fully saturated rings. The van der Waals surface area contributed by atoms with E-state index in [-0.39, 0.29) is 16.8 Å². The van der Waals surface area contributed by atoms with Gasteiger partial charge in [-0.2, -0.15) is 0 Å². The van der Waals surface area contributed by atoms with Gasteiger partial charge in [-0.05, 0) is 48.2 Å². The van der Waals surface area contributed by atoms with E-state index < -0.39 is 0 Å². The quantitative estimate of drug-likeness (QED) is 0.497. The summed E-state index contributed by atoms with van der Waals surface area (Å²) in [5.41, 5.74) is 4.05. The van der Waals surface area contributed by atoms with E-state index in [2.05, 4.69) is 18.8 Å². The molecule has 3 rings (SSSR count). The van der Waals surface area contributed by atoms with Gasteiger partial charge >= 0.3 is 0 Å². The van der Waals surface area contributed by atoms with Crippen LogP contribution in [0.1, 0.15) is 49.4 Å². The second-order valence-electron chi connectivity index (χ2n) is 6.18. The lowest BCUT2D eigenvalue weighted by molar-refractivity contribution is 0.638. The molecule has 1 N–H and O–H groups in total. The number of fused-ring (bicyclic) bond motifs is 1. The molecule has 0 aliphatic rings. The van der Waals surface area contributed by atoms with Gasteiger partial charge in [-0.1, -0.05) is 55.6 Å². The minimum Gasteiger partial charge on any atom is -0.358 e. The van der Waals surface area contributed by atoms with Crippen LogP contribution in [0.5, 0.6) is 0 Å². The number of aromatic amines is 1. The lowest BCUT2D eigenvalue weighted by Crippen LogP contribution is -2.01. The first-order valence-corrected chi connectivity index (χ1v) is 9.02. The molecule has 0 aliphatic heterocycles. The third-order valence-corrected chi connectivity index (χ3v) is 5.12. The number of nitrogens with one attached hydrogen (secondary N) is 1. The van der Waals surface area contributed by atoms with Gasteiger partial charge in [0.25, 0.3) is 0 Å². The summed E-state index contributed by atoms with van der Waals surface area (Å²) >= 11 is 12.0. The Bertz CT molecular complexity index is 852. The molecular weight excluding hydrogens is 344 g/mol. The molecule has 1 aromatic heterocycles. The zero-order valence-corrected chi connectivity index (χ0v) is 15.3. The second kappa shape index (κ2) is 7.16. The monoisotopic (exact) mass is 363 g/mol. The fraction of sp³-hybridized carbons (Fsp3) is 0.300. The van der Waals surface area contributed by atoms with Crippen molar-refractivity contribution < 1.29 is 4.39 Å². The summed E-state index contributed by atoms with van der Waals surface area (Å²) in [4.78, 5) is 3.42. The van der Waals surface area contributed by atoms with Crippen molar-refractivity contribution in [3.8, 4) is 0 Å². The molecule has 0 saturated carbocycles. The highest BCUT2D eigenvalue weighted by Crippen LogP contribution is 2.36. The molecule has 1 heterocycles. The fourth-order valence-corrected chi connectivity index (χ4v) is 3.49. The summed E-state index contributed by atoms with van der Waals surface area (Å²) in [5, 5.41) is 1.52. The van der Waals surface area contributed by atoms with E-state index >= 15 is 0 Å². The van der Waals surface area contributed by atoms with Crippen LogP contribution in [0, 0.1) is 5.82 Å². The van der Waals surface area contributed by atoms with Crippen molar-refractivity contribution >= 4 is 34.1 Å². The van der Waals surface area contributed by atoms with Crippen molar-refractivity contribution in [2.45, 2.75) is 39.0 Å². The van der Waals surface area contributed by atoms with Crippen molar-refractivity contribution in [1.29, 1.82) is 0 Å². The molecule has 1 atom stereocenters. The van der Waals surface area contributed by atoms with Gasteiger partial charge in [-0.3, -0.25) is 0 Å². The largest absolute Gasteiger partial charge is 0.358 e. The molecule has 0 spiro atoms. The van der Waals surface area contributed by atoms with Crippen LogP contribution in [0.3, 0.4) is 0 Å². The molecule has 4 heteroatoms. The van der Waals surface area contributed by atoms with E-state index in [1.165, 1.54) is 0 Å². The van der Waals surface area contributed by atoms with E-state index in [4.69, 9.17) is 23.2 Å². The maximum Gasteiger partial charge on any atom is 0.151 e. The Kier molecular flexibility index (Phi) is 5.17. The number of hydrogen-bond donors (Lipinski definition) is 1. The molecule has 0 aliphatic carbocycles. The molecule has 0 saturated heterocycles. The highest BCUT2D eigenvalue weighted by molar-refractivity contribution is 6.31. The van der Waals surface area contributed by atoms with Crippen molar-refractivity contribution in [3.63, 3.8) is 0 Å². The van der Waals surface area contributed by atoms with E-state index in [9.17, 15) is 4.39 Å². The number of aryl methyl sites for hydroxylation is 1. The summed E-state index contributed by atoms with van der Waals surface area (Å²) in [7, 11) is 0. The lowest BCUT2D eigenvalue weighted by atomic mass is 9.92. The maximum absolute atomic E-state index is 14.6.